The van der Waals surface area contributed by atoms with Crippen molar-refractivity contribution in [3.05, 3.63) is 59.7 Å². The second-order valence-corrected chi connectivity index (χ2v) is 5.55. The third kappa shape index (κ3) is 3.79. The maximum Gasteiger partial charge on any atom is 0.0669 e. The zero-order valence-electron chi connectivity index (χ0n) is 11.8. The van der Waals surface area contributed by atoms with Crippen LogP contribution in [0.15, 0.2) is 53.4 Å². The third-order valence-corrected chi connectivity index (χ3v) is 3.98. The monoisotopic (exact) mass is 282 g/mol. The molecule has 0 amide bonds. The molecular formula is C17H18N2S. The van der Waals surface area contributed by atoms with Crippen LogP contribution >= 0.6 is 11.8 Å². The van der Waals surface area contributed by atoms with Gasteiger partial charge >= 0.3 is 0 Å². The Balaban J connectivity index is 2.02. The molecule has 0 radical (unpaired) electrons. The van der Waals surface area contributed by atoms with Crippen molar-refractivity contribution >= 4 is 17.4 Å². The van der Waals surface area contributed by atoms with Crippen molar-refractivity contribution < 1.29 is 0 Å². The number of benzene rings is 2. The minimum Gasteiger partial charge on any atom is -0.379 e. The standard InChI is InChI=1S/C17H18N2S/c1-13(15-5-9-17(20-2)10-6-15)19-16-7-3-14(4-8-16)11-12-18/h3-10,13,19H,11H2,1-2H3. The van der Waals surface area contributed by atoms with Gasteiger partial charge in [0.25, 0.3) is 0 Å². The van der Waals surface area contributed by atoms with Crippen molar-refractivity contribution in [1.82, 2.24) is 0 Å². The summed E-state index contributed by atoms with van der Waals surface area (Å²) in [7, 11) is 0. The van der Waals surface area contributed by atoms with Crippen LogP contribution in [0.3, 0.4) is 0 Å². The summed E-state index contributed by atoms with van der Waals surface area (Å²) >= 11 is 1.75. The molecule has 1 atom stereocenters. The van der Waals surface area contributed by atoms with E-state index >= 15 is 0 Å². The van der Waals surface area contributed by atoms with Crippen molar-refractivity contribution in [3.8, 4) is 6.07 Å². The number of anilines is 1. The number of rotatable bonds is 5. The SMILES string of the molecule is CSc1ccc(C(C)Nc2ccc(CC#N)cc2)cc1. The minimum absolute atomic E-state index is 0.257. The Morgan fingerprint density at radius 2 is 1.75 bits per heavy atom. The number of thioether (sulfide) groups is 1. The third-order valence-electron chi connectivity index (χ3n) is 3.24. The average Bonchev–Trinajstić information content (AvgIpc) is 2.49. The molecule has 0 aliphatic heterocycles. The van der Waals surface area contributed by atoms with E-state index in [0.29, 0.717) is 6.42 Å². The van der Waals surface area contributed by atoms with Crippen molar-refractivity contribution in [2.45, 2.75) is 24.3 Å². The molecule has 0 heterocycles. The first-order valence-corrected chi connectivity index (χ1v) is 7.82. The van der Waals surface area contributed by atoms with Crippen LogP contribution in [0.1, 0.15) is 24.1 Å². The fourth-order valence-electron chi connectivity index (χ4n) is 2.04. The summed E-state index contributed by atoms with van der Waals surface area (Å²) in [5.74, 6) is 0. The van der Waals surface area contributed by atoms with Crippen LogP contribution < -0.4 is 5.32 Å². The lowest BCUT2D eigenvalue weighted by Gasteiger charge is -2.16. The smallest absolute Gasteiger partial charge is 0.0669 e. The predicted octanol–water partition coefficient (Wildman–Crippen LogP) is 4.65. The molecule has 20 heavy (non-hydrogen) atoms. The van der Waals surface area contributed by atoms with Crippen molar-refractivity contribution in [2.75, 3.05) is 11.6 Å². The summed E-state index contributed by atoms with van der Waals surface area (Å²) in [5, 5.41) is 12.1. The van der Waals surface area contributed by atoms with E-state index in [9.17, 15) is 0 Å². The lowest BCUT2D eigenvalue weighted by molar-refractivity contribution is 0.882. The van der Waals surface area contributed by atoms with E-state index in [1.807, 2.05) is 24.3 Å². The summed E-state index contributed by atoms with van der Waals surface area (Å²) < 4.78 is 0. The Hall–Kier alpha value is -1.92. The van der Waals surface area contributed by atoms with Gasteiger partial charge in [0.1, 0.15) is 0 Å². The van der Waals surface area contributed by atoms with E-state index in [1.54, 1.807) is 11.8 Å². The van der Waals surface area contributed by atoms with Crippen LogP contribution in [0.2, 0.25) is 0 Å². The first-order chi connectivity index (χ1) is 9.72. The fraction of sp³-hybridized carbons (Fsp3) is 0.235. The second kappa shape index (κ2) is 7.02. The quantitative estimate of drug-likeness (QED) is 0.811. The summed E-state index contributed by atoms with van der Waals surface area (Å²) in [4.78, 5) is 1.28. The van der Waals surface area contributed by atoms with Gasteiger partial charge in [-0.05, 0) is 48.6 Å². The molecule has 1 N–H and O–H groups in total. The van der Waals surface area contributed by atoms with Crippen LogP contribution in [0, 0.1) is 11.3 Å². The lowest BCUT2D eigenvalue weighted by Crippen LogP contribution is -2.06. The summed E-state index contributed by atoms with van der Waals surface area (Å²) in [6.07, 6.45) is 2.55. The Labute approximate surface area is 124 Å². The van der Waals surface area contributed by atoms with Crippen LogP contribution in [0.25, 0.3) is 0 Å². The van der Waals surface area contributed by atoms with Gasteiger partial charge in [0.15, 0.2) is 0 Å². The Morgan fingerprint density at radius 1 is 1.10 bits per heavy atom. The van der Waals surface area contributed by atoms with Crippen LogP contribution in [-0.2, 0) is 6.42 Å². The van der Waals surface area contributed by atoms with E-state index in [-0.39, 0.29) is 6.04 Å². The number of nitriles is 1. The van der Waals surface area contributed by atoms with Crippen LogP contribution in [0.5, 0.6) is 0 Å². The number of hydrogen-bond acceptors (Lipinski definition) is 3. The molecule has 0 spiro atoms. The highest BCUT2D eigenvalue weighted by Crippen LogP contribution is 2.22. The summed E-state index contributed by atoms with van der Waals surface area (Å²) in [6.45, 7) is 2.15. The van der Waals surface area contributed by atoms with Crippen molar-refractivity contribution in [3.63, 3.8) is 0 Å². The van der Waals surface area contributed by atoms with Gasteiger partial charge in [0.2, 0.25) is 0 Å². The minimum atomic E-state index is 0.257. The number of nitrogens with one attached hydrogen (secondary N) is 1. The summed E-state index contributed by atoms with van der Waals surface area (Å²) in [5.41, 5.74) is 3.40. The predicted molar refractivity (Wildman–Crippen MR) is 86.0 cm³/mol. The molecule has 2 nitrogen and oxygen atoms in total. The normalized spacial score (nSPS) is 11.7. The highest BCUT2D eigenvalue weighted by Gasteiger charge is 2.05. The second-order valence-electron chi connectivity index (χ2n) is 4.67. The van der Waals surface area contributed by atoms with Crippen molar-refractivity contribution in [2.24, 2.45) is 0 Å². The van der Waals surface area contributed by atoms with Crippen LogP contribution in [-0.4, -0.2) is 6.26 Å². The van der Waals surface area contributed by atoms with Gasteiger partial charge in [0, 0.05) is 16.6 Å². The Kier molecular flexibility index (Phi) is 5.09. The van der Waals surface area contributed by atoms with E-state index in [0.717, 1.165) is 11.3 Å². The largest absolute Gasteiger partial charge is 0.379 e. The molecule has 0 aromatic heterocycles. The van der Waals surface area contributed by atoms with Gasteiger partial charge in [-0.2, -0.15) is 5.26 Å². The fourth-order valence-corrected chi connectivity index (χ4v) is 2.44. The highest BCUT2D eigenvalue weighted by molar-refractivity contribution is 7.98. The zero-order chi connectivity index (χ0) is 14.4. The molecule has 102 valence electrons. The first kappa shape index (κ1) is 14.5. The molecule has 0 fully saturated rings. The van der Waals surface area contributed by atoms with Crippen molar-refractivity contribution in [1.29, 1.82) is 5.26 Å². The maximum absolute atomic E-state index is 8.66. The number of hydrogen-bond donors (Lipinski definition) is 1. The maximum atomic E-state index is 8.66. The van der Waals surface area contributed by atoms with E-state index in [2.05, 4.69) is 48.8 Å². The molecule has 0 bridgehead atoms. The average molecular weight is 282 g/mol. The molecular weight excluding hydrogens is 264 g/mol. The number of nitrogens with zero attached hydrogens (tertiary/aromatic N) is 1. The van der Waals surface area contributed by atoms with E-state index in [4.69, 9.17) is 5.26 Å². The molecule has 0 aliphatic carbocycles. The highest BCUT2D eigenvalue weighted by atomic mass is 32.2. The topological polar surface area (TPSA) is 35.8 Å². The Morgan fingerprint density at radius 3 is 2.30 bits per heavy atom. The molecule has 0 aliphatic rings. The van der Waals surface area contributed by atoms with Gasteiger partial charge in [-0.25, -0.2) is 0 Å². The van der Waals surface area contributed by atoms with E-state index < -0.39 is 0 Å². The first-order valence-electron chi connectivity index (χ1n) is 6.59. The van der Waals surface area contributed by atoms with Crippen LogP contribution in [0.4, 0.5) is 5.69 Å². The molecule has 2 aromatic rings. The Bertz CT molecular complexity index is 582. The molecule has 0 saturated heterocycles. The molecule has 3 heteroatoms. The lowest BCUT2D eigenvalue weighted by atomic mass is 10.1. The molecule has 2 rings (SSSR count). The van der Waals surface area contributed by atoms with E-state index in [1.165, 1.54) is 10.5 Å². The van der Waals surface area contributed by atoms with Gasteiger partial charge in [-0.1, -0.05) is 24.3 Å². The van der Waals surface area contributed by atoms with Gasteiger partial charge < -0.3 is 5.32 Å². The van der Waals surface area contributed by atoms with Gasteiger partial charge in [0.05, 0.1) is 12.5 Å². The molecule has 0 saturated carbocycles. The molecule has 2 aromatic carbocycles. The van der Waals surface area contributed by atoms with Gasteiger partial charge in [-0.15, -0.1) is 11.8 Å². The molecule has 1 unspecified atom stereocenters. The zero-order valence-corrected chi connectivity index (χ0v) is 12.6. The summed E-state index contributed by atoms with van der Waals surface area (Å²) in [6, 6.07) is 19.1. The van der Waals surface area contributed by atoms with Gasteiger partial charge in [-0.3, -0.25) is 0 Å².